The molecule has 11 aromatic carbocycles. The van der Waals surface area contributed by atoms with Crippen molar-refractivity contribution >= 4 is 38.6 Å². The zero-order chi connectivity index (χ0) is 44.4. The Labute approximate surface area is 391 Å². The molecular formula is C66H45N. The number of fused-ring (bicyclic) bond motifs is 15. The average molecular weight is 852 g/mol. The van der Waals surface area contributed by atoms with Gasteiger partial charge in [0.05, 0.1) is 11.1 Å². The van der Waals surface area contributed by atoms with E-state index in [1.807, 2.05) is 0 Å². The zero-order valence-electron chi connectivity index (χ0n) is 37.5. The van der Waals surface area contributed by atoms with E-state index in [1.165, 1.54) is 111 Å². The minimum Gasteiger partial charge on any atom is -0.310 e. The smallest absolute Gasteiger partial charge is 0.0726 e. The molecule has 3 aliphatic carbocycles. The second-order valence-electron chi connectivity index (χ2n) is 19.1. The minimum absolute atomic E-state index is 0.142. The summed E-state index contributed by atoms with van der Waals surface area (Å²) in [7, 11) is 0. The van der Waals surface area contributed by atoms with Crippen LogP contribution >= 0.6 is 0 Å². The Bertz CT molecular complexity index is 3790. The van der Waals surface area contributed by atoms with E-state index in [1.54, 1.807) is 0 Å². The van der Waals surface area contributed by atoms with Crippen molar-refractivity contribution in [3.8, 4) is 55.6 Å². The molecule has 14 rings (SSSR count). The molecule has 11 aromatic rings. The maximum atomic E-state index is 2.54. The molecule has 0 bridgehead atoms. The van der Waals surface area contributed by atoms with Crippen LogP contribution in [0.2, 0.25) is 0 Å². The Morgan fingerprint density at radius 3 is 1.45 bits per heavy atom. The van der Waals surface area contributed by atoms with E-state index in [9.17, 15) is 0 Å². The first-order chi connectivity index (χ1) is 33.0. The standard InChI is InChI=1S/C66H45N/c1-65(2)57-27-10-7-22-52(57)55-38-36-46(40-61(55)65)67(63-31-14-19-43-17-4-6-21-50(43)63)47-37-39-56-62(41-47)66(58-28-11-8-23-53(58)54-24-9-12-29-59(54)66)60-30-15-26-51(64(56)60)45-34-32-44(33-35-45)49-25-13-18-42-16-3-5-20-48(42)49/h3-41H,1-2H3. The van der Waals surface area contributed by atoms with E-state index in [2.05, 4.69) is 255 Å². The molecule has 0 fully saturated rings. The van der Waals surface area contributed by atoms with Gasteiger partial charge in [0.25, 0.3) is 0 Å². The van der Waals surface area contributed by atoms with E-state index in [-0.39, 0.29) is 5.41 Å². The van der Waals surface area contributed by atoms with E-state index < -0.39 is 5.41 Å². The molecule has 1 heteroatoms. The number of benzene rings is 11. The van der Waals surface area contributed by atoms with Crippen LogP contribution in [0.25, 0.3) is 77.2 Å². The summed E-state index contributed by atoms with van der Waals surface area (Å²) in [6.07, 6.45) is 0. The van der Waals surface area contributed by atoms with E-state index in [0.717, 1.165) is 17.1 Å². The number of anilines is 3. The van der Waals surface area contributed by atoms with Crippen molar-refractivity contribution in [2.45, 2.75) is 24.7 Å². The molecule has 0 atom stereocenters. The monoisotopic (exact) mass is 851 g/mol. The van der Waals surface area contributed by atoms with Crippen molar-refractivity contribution in [3.05, 3.63) is 270 Å². The molecule has 0 unspecified atom stereocenters. The SMILES string of the molecule is CC1(C)c2ccccc2-c2ccc(N(c3ccc4c(c3)C3(c5ccccc5-c5ccccc53)c3cccc(-c5ccc(-c6cccc7ccccc67)cc5)c3-4)c3cccc4ccccc34)cc21. The van der Waals surface area contributed by atoms with Crippen molar-refractivity contribution < 1.29 is 0 Å². The predicted octanol–water partition coefficient (Wildman–Crippen LogP) is 17.4. The fraction of sp³-hybridized carbons (Fsp3) is 0.0606. The fourth-order valence-corrected chi connectivity index (χ4v) is 12.5. The largest absolute Gasteiger partial charge is 0.310 e. The lowest BCUT2D eigenvalue weighted by atomic mass is 9.70. The van der Waals surface area contributed by atoms with Crippen molar-refractivity contribution in [1.82, 2.24) is 0 Å². The van der Waals surface area contributed by atoms with Gasteiger partial charge in [-0.15, -0.1) is 0 Å². The van der Waals surface area contributed by atoms with Crippen molar-refractivity contribution in [2.24, 2.45) is 0 Å². The van der Waals surface area contributed by atoms with Crippen LogP contribution in [-0.2, 0) is 10.8 Å². The van der Waals surface area contributed by atoms with Gasteiger partial charge < -0.3 is 4.90 Å². The van der Waals surface area contributed by atoms with Crippen LogP contribution in [0.15, 0.2) is 237 Å². The van der Waals surface area contributed by atoms with Gasteiger partial charge in [0.2, 0.25) is 0 Å². The highest BCUT2D eigenvalue weighted by Crippen LogP contribution is 2.65. The molecule has 3 aliphatic rings. The number of nitrogens with zero attached hydrogens (tertiary/aromatic N) is 1. The molecule has 0 amide bonds. The van der Waals surface area contributed by atoms with E-state index in [0.29, 0.717) is 0 Å². The topological polar surface area (TPSA) is 3.24 Å². The molecule has 0 aromatic heterocycles. The van der Waals surface area contributed by atoms with Crippen LogP contribution in [-0.4, -0.2) is 0 Å². The molecule has 314 valence electrons. The maximum Gasteiger partial charge on any atom is 0.0726 e. The zero-order valence-corrected chi connectivity index (χ0v) is 37.5. The van der Waals surface area contributed by atoms with Gasteiger partial charge in [0.15, 0.2) is 0 Å². The summed E-state index contributed by atoms with van der Waals surface area (Å²) >= 11 is 0. The summed E-state index contributed by atoms with van der Waals surface area (Å²) in [4.78, 5) is 2.53. The highest BCUT2D eigenvalue weighted by atomic mass is 15.1. The van der Waals surface area contributed by atoms with Crippen LogP contribution in [0.5, 0.6) is 0 Å². The van der Waals surface area contributed by atoms with Crippen LogP contribution < -0.4 is 4.90 Å². The van der Waals surface area contributed by atoms with Gasteiger partial charge in [0.1, 0.15) is 0 Å². The van der Waals surface area contributed by atoms with Crippen LogP contribution in [0.1, 0.15) is 47.2 Å². The Morgan fingerprint density at radius 2 is 0.746 bits per heavy atom. The number of hydrogen-bond acceptors (Lipinski definition) is 1. The third-order valence-corrected chi connectivity index (χ3v) is 15.5. The van der Waals surface area contributed by atoms with Gasteiger partial charge in [-0.05, 0) is 136 Å². The van der Waals surface area contributed by atoms with Gasteiger partial charge in [-0.2, -0.15) is 0 Å². The predicted molar refractivity (Wildman–Crippen MR) is 281 cm³/mol. The number of hydrogen-bond donors (Lipinski definition) is 0. The first kappa shape index (κ1) is 38.1. The second-order valence-corrected chi connectivity index (χ2v) is 19.1. The first-order valence-electron chi connectivity index (χ1n) is 23.6. The summed E-state index contributed by atoms with van der Waals surface area (Å²) in [5.74, 6) is 0. The maximum absolute atomic E-state index is 2.54. The average Bonchev–Trinajstić information content (AvgIpc) is 3.94. The van der Waals surface area contributed by atoms with Crippen molar-refractivity contribution in [3.63, 3.8) is 0 Å². The molecule has 67 heavy (non-hydrogen) atoms. The summed E-state index contributed by atoms with van der Waals surface area (Å²) < 4.78 is 0. The summed E-state index contributed by atoms with van der Waals surface area (Å²) in [5, 5.41) is 4.97. The molecule has 0 saturated carbocycles. The Hall–Kier alpha value is -8.26. The highest BCUT2D eigenvalue weighted by Gasteiger charge is 2.52. The lowest BCUT2D eigenvalue weighted by Crippen LogP contribution is -2.26. The Kier molecular flexibility index (Phi) is 8.02. The second kappa shape index (κ2) is 14.1. The van der Waals surface area contributed by atoms with Gasteiger partial charge in [-0.1, -0.05) is 220 Å². The van der Waals surface area contributed by atoms with Gasteiger partial charge in [-0.3, -0.25) is 0 Å². The molecule has 0 radical (unpaired) electrons. The molecule has 1 nitrogen and oxygen atoms in total. The third kappa shape index (κ3) is 5.26. The fourth-order valence-electron chi connectivity index (χ4n) is 12.5. The molecule has 0 N–H and O–H groups in total. The van der Waals surface area contributed by atoms with E-state index >= 15 is 0 Å². The van der Waals surface area contributed by atoms with Gasteiger partial charge >= 0.3 is 0 Å². The van der Waals surface area contributed by atoms with Crippen molar-refractivity contribution in [1.29, 1.82) is 0 Å². The minimum atomic E-state index is -0.529. The van der Waals surface area contributed by atoms with Crippen LogP contribution in [0.4, 0.5) is 17.1 Å². The summed E-state index contributed by atoms with van der Waals surface area (Å²) in [5.41, 5.74) is 23.6. The van der Waals surface area contributed by atoms with Gasteiger partial charge in [-0.25, -0.2) is 0 Å². The molecular weight excluding hydrogens is 807 g/mol. The molecule has 0 saturated heterocycles. The lowest BCUT2D eigenvalue weighted by molar-refractivity contribution is 0.660. The summed E-state index contributed by atoms with van der Waals surface area (Å²) in [6, 6.07) is 88.9. The normalized spacial score (nSPS) is 14.1. The van der Waals surface area contributed by atoms with Crippen LogP contribution in [0, 0.1) is 0 Å². The lowest BCUT2D eigenvalue weighted by Gasteiger charge is -2.33. The third-order valence-electron chi connectivity index (χ3n) is 15.5. The first-order valence-corrected chi connectivity index (χ1v) is 23.6. The Morgan fingerprint density at radius 1 is 0.299 bits per heavy atom. The quantitative estimate of drug-likeness (QED) is 0.167. The number of rotatable bonds is 5. The van der Waals surface area contributed by atoms with E-state index in [4.69, 9.17) is 0 Å². The molecule has 0 aliphatic heterocycles. The van der Waals surface area contributed by atoms with Crippen molar-refractivity contribution in [2.75, 3.05) is 4.90 Å². The summed E-state index contributed by atoms with van der Waals surface area (Å²) in [6.45, 7) is 4.76. The Balaban J connectivity index is 1.01. The highest BCUT2D eigenvalue weighted by molar-refractivity contribution is 6.04. The van der Waals surface area contributed by atoms with Gasteiger partial charge in [0, 0.05) is 22.2 Å². The molecule has 0 heterocycles. The van der Waals surface area contributed by atoms with Crippen LogP contribution in [0.3, 0.4) is 0 Å². The molecule has 1 spiro atoms.